The molecule has 4 heteroatoms. The molecule has 2 nitrogen and oxygen atoms in total. The van der Waals surface area contributed by atoms with Gasteiger partial charge in [0.1, 0.15) is 11.6 Å². The van der Waals surface area contributed by atoms with Crippen molar-refractivity contribution >= 4 is 17.4 Å². The third kappa shape index (κ3) is 3.54. The molecular weight excluding hydrogens is 265 g/mol. The van der Waals surface area contributed by atoms with Crippen LogP contribution in [0.5, 0.6) is 0 Å². The molecule has 0 saturated heterocycles. The van der Waals surface area contributed by atoms with E-state index in [4.69, 9.17) is 17.3 Å². The van der Waals surface area contributed by atoms with Crippen molar-refractivity contribution in [2.45, 2.75) is 32.1 Å². The Kier molecular flexibility index (Phi) is 4.94. The summed E-state index contributed by atoms with van der Waals surface area (Å²) in [6.45, 7) is 0.563. The highest BCUT2D eigenvalue weighted by Gasteiger charge is 2.29. The summed E-state index contributed by atoms with van der Waals surface area (Å²) in [5, 5.41) is 0.327. The molecule has 1 saturated carbocycles. The largest absolute Gasteiger partial charge is 0.330 e. The Morgan fingerprint density at radius 2 is 2.11 bits per heavy atom. The topological polar surface area (TPSA) is 43.1 Å². The van der Waals surface area contributed by atoms with Gasteiger partial charge >= 0.3 is 0 Å². The first-order valence-corrected chi connectivity index (χ1v) is 7.16. The molecule has 19 heavy (non-hydrogen) atoms. The number of rotatable bonds is 4. The van der Waals surface area contributed by atoms with E-state index in [2.05, 4.69) is 0 Å². The molecule has 0 heterocycles. The number of benzene rings is 1. The fourth-order valence-corrected chi connectivity index (χ4v) is 3.13. The Hall–Kier alpha value is -0.930. The average Bonchev–Trinajstić information content (AvgIpc) is 2.41. The number of Topliss-reactive ketones (excluding diaryl/α,β-unsaturated/α-hetero) is 1. The van der Waals surface area contributed by atoms with E-state index in [1.165, 1.54) is 12.1 Å². The molecule has 2 rings (SSSR count). The summed E-state index contributed by atoms with van der Waals surface area (Å²) < 4.78 is 13.0. The van der Waals surface area contributed by atoms with E-state index < -0.39 is 0 Å². The van der Waals surface area contributed by atoms with Crippen LogP contribution in [-0.2, 0) is 11.2 Å². The zero-order valence-corrected chi connectivity index (χ0v) is 11.6. The van der Waals surface area contributed by atoms with Crippen LogP contribution in [0.3, 0.4) is 0 Å². The minimum absolute atomic E-state index is 0.0415. The van der Waals surface area contributed by atoms with Gasteiger partial charge in [-0.05, 0) is 43.0 Å². The Morgan fingerprint density at radius 3 is 2.79 bits per heavy atom. The monoisotopic (exact) mass is 283 g/mol. The standard InChI is InChI=1S/C15H19ClFNO/c16-14-8-12(17)6-5-10(14)7-15(19)13-4-2-1-3-11(13)9-18/h5-6,8,11,13H,1-4,7,9,18H2. The van der Waals surface area contributed by atoms with Crippen molar-refractivity contribution in [1.29, 1.82) is 0 Å². The Balaban J connectivity index is 2.07. The van der Waals surface area contributed by atoms with E-state index in [1.54, 1.807) is 6.07 Å². The lowest BCUT2D eigenvalue weighted by Gasteiger charge is -2.29. The molecule has 2 atom stereocenters. The van der Waals surface area contributed by atoms with Crippen molar-refractivity contribution < 1.29 is 9.18 Å². The van der Waals surface area contributed by atoms with Crippen LogP contribution in [0.25, 0.3) is 0 Å². The zero-order valence-electron chi connectivity index (χ0n) is 10.9. The molecular formula is C15H19ClFNO. The molecule has 104 valence electrons. The second-order valence-electron chi connectivity index (χ2n) is 5.27. The molecule has 1 aliphatic rings. The predicted molar refractivity (Wildman–Crippen MR) is 74.6 cm³/mol. The number of nitrogens with two attached hydrogens (primary N) is 1. The maximum absolute atomic E-state index is 13.0. The first kappa shape index (κ1) is 14.5. The van der Waals surface area contributed by atoms with Crippen LogP contribution in [0.15, 0.2) is 18.2 Å². The van der Waals surface area contributed by atoms with Gasteiger partial charge in [0.05, 0.1) is 0 Å². The molecule has 0 aliphatic heterocycles. The molecule has 0 spiro atoms. The van der Waals surface area contributed by atoms with Crippen LogP contribution in [0.1, 0.15) is 31.2 Å². The smallest absolute Gasteiger partial charge is 0.140 e. The van der Waals surface area contributed by atoms with Crippen molar-refractivity contribution in [2.75, 3.05) is 6.54 Å². The van der Waals surface area contributed by atoms with Crippen molar-refractivity contribution in [3.8, 4) is 0 Å². The van der Waals surface area contributed by atoms with Gasteiger partial charge in [0.15, 0.2) is 0 Å². The van der Waals surface area contributed by atoms with Gasteiger partial charge in [-0.2, -0.15) is 0 Å². The summed E-state index contributed by atoms with van der Waals surface area (Å²) in [5.41, 5.74) is 6.45. The third-order valence-electron chi connectivity index (χ3n) is 4.01. The van der Waals surface area contributed by atoms with Gasteiger partial charge in [0.2, 0.25) is 0 Å². The quantitative estimate of drug-likeness (QED) is 0.921. The molecule has 1 aromatic rings. The Labute approximate surface area is 118 Å². The SMILES string of the molecule is NCC1CCCCC1C(=O)Cc1ccc(F)cc1Cl. The lowest BCUT2D eigenvalue weighted by Crippen LogP contribution is -2.33. The number of halogens is 2. The van der Waals surface area contributed by atoms with Gasteiger partial charge in [0.25, 0.3) is 0 Å². The Bertz CT molecular complexity index is 463. The minimum atomic E-state index is -0.376. The Morgan fingerprint density at radius 1 is 1.37 bits per heavy atom. The lowest BCUT2D eigenvalue weighted by atomic mass is 9.76. The third-order valence-corrected chi connectivity index (χ3v) is 4.36. The molecule has 1 aliphatic carbocycles. The van der Waals surface area contributed by atoms with E-state index in [0.29, 0.717) is 23.0 Å². The van der Waals surface area contributed by atoms with E-state index in [9.17, 15) is 9.18 Å². The first-order valence-electron chi connectivity index (χ1n) is 6.78. The number of hydrogen-bond donors (Lipinski definition) is 1. The maximum atomic E-state index is 13.0. The van der Waals surface area contributed by atoms with Gasteiger partial charge in [-0.1, -0.05) is 30.5 Å². The summed E-state index contributed by atoms with van der Waals surface area (Å²) in [5.74, 6) is 0.141. The van der Waals surface area contributed by atoms with Crippen molar-refractivity contribution in [3.05, 3.63) is 34.6 Å². The lowest BCUT2D eigenvalue weighted by molar-refractivity contribution is -0.124. The van der Waals surface area contributed by atoms with E-state index in [1.807, 2.05) is 0 Å². The van der Waals surface area contributed by atoms with Crippen LogP contribution in [-0.4, -0.2) is 12.3 Å². The molecule has 0 amide bonds. The van der Waals surface area contributed by atoms with Crippen LogP contribution < -0.4 is 5.73 Å². The highest BCUT2D eigenvalue weighted by Crippen LogP contribution is 2.31. The van der Waals surface area contributed by atoms with Crippen LogP contribution in [0.4, 0.5) is 4.39 Å². The summed E-state index contributed by atoms with van der Waals surface area (Å²) in [6.07, 6.45) is 4.47. The van der Waals surface area contributed by atoms with Gasteiger partial charge in [-0.15, -0.1) is 0 Å². The number of hydrogen-bond acceptors (Lipinski definition) is 2. The highest BCUT2D eigenvalue weighted by molar-refractivity contribution is 6.31. The van der Waals surface area contributed by atoms with E-state index in [0.717, 1.165) is 25.7 Å². The number of ketones is 1. The molecule has 1 aromatic carbocycles. The molecule has 0 bridgehead atoms. The summed E-state index contributed by atoms with van der Waals surface area (Å²) in [4.78, 5) is 12.4. The van der Waals surface area contributed by atoms with Gasteiger partial charge in [0, 0.05) is 17.4 Å². The second kappa shape index (κ2) is 6.49. The second-order valence-corrected chi connectivity index (χ2v) is 5.67. The maximum Gasteiger partial charge on any atom is 0.140 e. The van der Waals surface area contributed by atoms with E-state index >= 15 is 0 Å². The molecule has 0 radical (unpaired) electrons. The normalized spacial score (nSPS) is 23.3. The van der Waals surface area contributed by atoms with Crippen LogP contribution >= 0.6 is 11.6 Å². The van der Waals surface area contributed by atoms with Crippen LogP contribution in [0.2, 0.25) is 5.02 Å². The van der Waals surface area contributed by atoms with Gasteiger partial charge in [-0.25, -0.2) is 4.39 Å². The molecule has 1 fully saturated rings. The van der Waals surface area contributed by atoms with E-state index in [-0.39, 0.29) is 23.9 Å². The van der Waals surface area contributed by atoms with Crippen molar-refractivity contribution in [1.82, 2.24) is 0 Å². The van der Waals surface area contributed by atoms with Crippen molar-refractivity contribution in [3.63, 3.8) is 0 Å². The van der Waals surface area contributed by atoms with Crippen molar-refractivity contribution in [2.24, 2.45) is 17.6 Å². The number of carbonyl (C=O) groups is 1. The molecule has 2 unspecified atom stereocenters. The number of carbonyl (C=O) groups excluding carboxylic acids is 1. The predicted octanol–water partition coefficient (Wildman–Crippen LogP) is 3.36. The highest BCUT2D eigenvalue weighted by atomic mass is 35.5. The fourth-order valence-electron chi connectivity index (χ4n) is 2.90. The summed E-state index contributed by atoms with van der Waals surface area (Å²) in [6, 6.07) is 4.19. The zero-order chi connectivity index (χ0) is 13.8. The fraction of sp³-hybridized carbons (Fsp3) is 0.533. The van der Waals surface area contributed by atoms with Gasteiger partial charge < -0.3 is 5.73 Å². The first-order chi connectivity index (χ1) is 9.11. The minimum Gasteiger partial charge on any atom is -0.330 e. The van der Waals surface area contributed by atoms with Gasteiger partial charge in [-0.3, -0.25) is 4.79 Å². The van der Waals surface area contributed by atoms with Crippen LogP contribution in [0, 0.1) is 17.7 Å². The molecule has 0 aromatic heterocycles. The summed E-state index contributed by atoms with van der Waals surface area (Å²) >= 11 is 5.97. The summed E-state index contributed by atoms with van der Waals surface area (Å²) in [7, 11) is 0. The molecule has 2 N–H and O–H groups in total. The average molecular weight is 284 g/mol.